The second-order valence-electron chi connectivity index (χ2n) is 9.20. The number of benzene rings is 4. The van der Waals surface area contributed by atoms with Gasteiger partial charge in [-0.1, -0.05) is 36.4 Å². The van der Waals surface area contributed by atoms with Crippen LogP contribution in [0.4, 0.5) is 11.4 Å². The van der Waals surface area contributed by atoms with Gasteiger partial charge in [0.15, 0.2) is 11.5 Å². The van der Waals surface area contributed by atoms with Gasteiger partial charge >= 0.3 is 11.9 Å². The van der Waals surface area contributed by atoms with Crippen LogP contribution < -0.4 is 25.8 Å². The normalized spacial score (nSPS) is 11.1. The summed E-state index contributed by atoms with van der Waals surface area (Å²) >= 11 is 0. The molecule has 0 spiro atoms. The summed E-state index contributed by atoms with van der Waals surface area (Å²) in [5.74, 6) is -0.997. The number of nitrogens with two attached hydrogens (primary N) is 1. The Morgan fingerprint density at radius 3 is 2.10 bits per heavy atom. The molecular formula is C32H30N4O6. The fraction of sp³-hybridized carbons (Fsp3) is 0.125. The third kappa shape index (κ3) is 7.72. The van der Waals surface area contributed by atoms with Crippen LogP contribution in [0.1, 0.15) is 40.0 Å². The molecule has 0 fully saturated rings. The SMILES string of the molecule is COc1cc(C(Nc2ccc(C(=N)N)cc2)C(=O)Nc2ccc(C(=O)OC(C)=O)cc2)ccc1OCc1ccccc1. The van der Waals surface area contributed by atoms with Crippen molar-refractivity contribution < 1.29 is 28.6 Å². The second kappa shape index (κ2) is 13.6. The number of ether oxygens (including phenoxy) is 3. The Labute approximate surface area is 242 Å². The number of anilines is 2. The fourth-order valence-electron chi connectivity index (χ4n) is 4.02. The molecule has 10 nitrogen and oxygen atoms in total. The first-order chi connectivity index (χ1) is 20.2. The van der Waals surface area contributed by atoms with E-state index in [4.69, 9.17) is 20.6 Å². The molecule has 0 bridgehead atoms. The zero-order valence-electron chi connectivity index (χ0n) is 23.0. The van der Waals surface area contributed by atoms with Gasteiger partial charge in [-0.05, 0) is 71.8 Å². The van der Waals surface area contributed by atoms with E-state index in [0.29, 0.717) is 40.6 Å². The van der Waals surface area contributed by atoms with E-state index in [-0.39, 0.29) is 11.4 Å². The molecule has 0 aliphatic heterocycles. The first-order valence-corrected chi connectivity index (χ1v) is 12.9. The Bertz CT molecular complexity index is 1570. The zero-order chi connectivity index (χ0) is 30.1. The van der Waals surface area contributed by atoms with E-state index in [1.807, 2.05) is 30.3 Å². The predicted molar refractivity (Wildman–Crippen MR) is 159 cm³/mol. The van der Waals surface area contributed by atoms with Gasteiger partial charge in [0.2, 0.25) is 0 Å². The van der Waals surface area contributed by atoms with Gasteiger partial charge < -0.3 is 30.6 Å². The van der Waals surface area contributed by atoms with E-state index in [9.17, 15) is 14.4 Å². The lowest BCUT2D eigenvalue weighted by molar-refractivity contribution is -0.135. The van der Waals surface area contributed by atoms with Crippen molar-refractivity contribution >= 4 is 35.1 Å². The predicted octanol–water partition coefficient (Wildman–Crippen LogP) is 5.05. The number of amidine groups is 1. The molecule has 0 aliphatic carbocycles. The van der Waals surface area contributed by atoms with Crippen LogP contribution in [0.2, 0.25) is 0 Å². The number of methoxy groups -OCH3 is 1. The second-order valence-corrected chi connectivity index (χ2v) is 9.20. The Morgan fingerprint density at radius 1 is 0.833 bits per heavy atom. The lowest BCUT2D eigenvalue weighted by atomic mass is 10.0. The molecule has 1 unspecified atom stereocenters. The number of hydrogen-bond acceptors (Lipinski definition) is 8. The minimum atomic E-state index is -0.882. The number of amides is 1. The Kier molecular flexibility index (Phi) is 9.52. The number of nitrogens with one attached hydrogen (secondary N) is 3. The molecule has 0 radical (unpaired) electrons. The summed E-state index contributed by atoms with van der Waals surface area (Å²) in [5, 5.41) is 13.7. The van der Waals surface area contributed by atoms with Crippen LogP contribution in [-0.2, 0) is 20.9 Å². The molecule has 0 aliphatic rings. The number of rotatable bonds is 11. The van der Waals surface area contributed by atoms with Gasteiger partial charge in [-0.15, -0.1) is 0 Å². The van der Waals surface area contributed by atoms with E-state index in [2.05, 4.69) is 15.4 Å². The van der Waals surface area contributed by atoms with Crippen molar-refractivity contribution in [2.24, 2.45) is 5.73 Å². The average molecular weight is 567 g/mol. The minimum absolute atomic E-state index is 0.0673. The van der Waals surface area contributed by atoms with Crippen molar-refractivity contribution in [3.63, 3.8) is 0 Å². The average Bonchev–Trinajstić information content (AvgIpc) is 2.99. The number of esters is 2. The highest BCUT2D eigenvalue weighted by molar-refractivity contribution is 5.99. The molecular weight excluding hydrogens is 536 g/mol. The monoisotopic (exact) mass is 566 g/mol. The topological polar surface area (TPSA) is 153 Å². The third-order valence-electron chi connectivity index (χ3n) is 6.15. The maximum atomic E-state index is 13.6. The molecule has 4 rings (SSSR count). The molecule has 1 amide bonds. The summed E-state index contributed by atoms with van der Waals surface area (Å²) < 4.78 is 16.2. The van der Waals surface area contributed by atoms with Gasteiger partial charge in [-0.25, -0.2) is 4.79 Å². The maximum Gasteiger partial charge on any atom is 0.345 e. The van der Waals surface area contributed by atoms with Crippen LogP contribution >= 0.6 is 0 Å². The Morgan fingerprint density at radius 2 is 1.48 bits per heavy atom. The molecule has 214 valence electrons. The lowest BCUT2D eigenvalue weighted by Gasteiger charge is -2.22. The van der Waals surface area contributed by atoms with Gasteiger partial charge in [0, 0.05) is 23.9 Å². The molecule has 42 heavy (non-hydrogen) atoms. The van der Waals surface area contributed by atoms with E-state index in [1.165, 1.54) is 31.4 Å². The standard InChI is InChI=1S/C32H30N4O6/c1-20(37)42-32(39)23-10-15-26(16-11-23)36-31(38)29(35-25-13-8-22(9-14-25)30(33)34)24-12-17-27(28(18-24)40-2)41-19-21-6-4-3-5-7-21/h3-18,29,35H,19H2,1-2H3,(H3,33,34)(H,36,38). The van der Waals surface area contributed by atoms with Gasteiger partial charge in [0.05, 0.1) is 12.7 Å². The van der Waals surface area contributed by atoms with Crippen molar-refractivity contribution in [3.05, 3.63) is 119 Å². The van der Waals surface area contributed by atoms with Crippen LogP contribution in [0.15, 0.2) is 97.1 Å². The van der Waals surface area contributed by atoms with Crippen molar-refractivity contribution in [1.29, 1.82) is 5.41 Å². The first kappa shape index (κ1) is 29.3. The summed E-state index contributed by atoms with van der Waals surface area (Å²) in [6, 6.07) is 26.9. The molecule has 5 N–H and O–H groups in total. The van der Waals surface area contributed by atoms with Gasteiger partial charge in [-0.3, -0.25) is 15.0 Å². The molecule has 0 aromatic heterocycles. The van der Waals surface area contributed by atoms with E-state index in [0.717, 1.165) is 12.5 Å². The molecule has 0 saturated carbocycles. The summed E-state index contributed by atoms with van der Waals surface area (Å²) in [6.45, 7) is 1.49. The summed E-state index contributed by atoms with van der Waals surface area (Å²) in [6.07, 6.45) is 0. The van der Waals surface area contributed by atoms with Crippen molar-refractivity contribution in [2.75, 3.05) is 17.7 Å². The highest BCUT2D eigenvalue weighted by atomic mass is 16.6. The molecule has 4 aromatic rings. The number of carbonyl (C=O) groups is 3. The lowest BCUT2D eigenvalue weighted by Crippen LogP contribution is -2.27. The Hall–Kier alpha value is -5.64. The maximum absolute atomic E-state index is 13.6. The first-order valence-electron chi connectivity index (χ1n) is 12.9. The van der Waals surface area contributed by atoms with Crippen LogP contribution in [-0.4, -0.2) is 30.8 Å². The fourth-order valence-corrected chi connectivity index (χ4v) is 4.02. The van der Waals surface area contributed by atoms with Crippen molar-refractivity contribution in [1.82, 2.24) is 0 Å². The zero-order valence-corrected chi connectivity index (χ0v) is 23.0. The summed E-state index contributed by atoms with van der Waals surface area (Å²) in [7, 11) is 1.52. The van der Waals surface area contributed by atoms with E-state index in [1.54, 1.807) is 42.5 Å². The summed E-state index contributed by atoms with van der Waals surface area (Å²) in [4.78, 5) is 36.7. The molecule has 1 atom stereocenters. The van der Waals surface area contributed by atoms with Crippen molar-refractivity contribution in [3.8, 4) is 11.5 Å². The molecule has 0 saturated heterocycles. The third-order valence-corrected chi connectivity index (χ3v) is 6.15. The highest BCUT2D eigenvalue weighted by Crippen LogP contribution is 2.33. The quantitative estimate of drug-likeness (QED) is 0.0851. The van der Waals surface area contributed by atoms with Gasteiger partial charge in [-0.2, -0.15) is 0 Å². The molecule has 4 aromatic carbocycles. The largest absolute Gasteiger partial charge is 0.493 e. The van der Waals surface area contributed by atoms with Gasteiger partial charge in [0.25, 0.3) is 5.91 Å². The van der Waals surface area contributed by atoms with Crippen molar-refractivity contribution in [2.45, 2.75) is 19.6 Å². The number of nitrogen functional groups attached to an aromatic ring is 1. The number of hydrogen-bond donors (Lipinski definition) is 4. The summed E-state index contributed by atoms with van der Waals surface area (Å²) in [5.41, 5.74) is 8.92. The smallest absolute Gasteiger partial charge is 0.345 e. The molecule has 10 heteroatoms. The van der Waals surface area contributed by atoms with E-state index < -0.39 is 23.9 Å². The van der Waals surface area contributed by atoms with Crippen LogP contribution in [0, 0.1) is 5.41 Å². The number of carbonyl (C=O) groups excluding carboxylic acids is 3. The van der Waals surface area contributed by atoms with Crippen LogP contribution in [0.25, 0.3) is 0 Å². The van der Waals surface area contributed by atoms with Gasteiger partial charge in [0.1, 0.15) is 18.5 Å². The highest BCUT2D eigenvalue weighted by Gasteiger charge is 2.23. The minimum Gasteiger partial charge on any atom is -0.493 e. The van der Waals surface area contributed by atoms with Crippen LogP contribution in [0.3, 0.4) is 0 Å². The Balaban J connectivity index is 1.58. The molecule has 0 heterocycles. The van der Waals surface area contributed by atoms with E-state index >= 15 is 0 Å². The van der Waals surface area contributed by atoms with Crippen LogP contribution in [0.5, 0.6) is 11.5 Å².